The first-order valence-electron chi connectivity index (χ1n) is 5.95. The van der Waals surface area contributed by atoms with E-state index in [-0.39, 0.29) is 12.5 Å². The normalized spacial score (nSPS) is 11.1. The molecule has 0 rings (SSSR count). The van der Waals surface area contributed by atoms with Crippen molar-refractivity contribution in [3.8, 4) is 0 Å². The third-order valence-corrected chi connectivity index (χ3v) is 2.48. The molecule has 1 amide bonds. The maximum atomic E-state index is 11.5. The average Bonchev–Trinajstić information content (AvgIpc) is 2.16. The van der Waals surface area contributed by atoms with Crippen LogP contribution < -0.4 is 5.73 Å². The molecule has 0 fully saturated rings. The number of carbonyl (C=O) groups excluding carboxylic acids is 1. The van der Waals surface area contributed by atoms with E-state index in [2.05, 4.69) is 27.7 Å². The van der Waals surface area contributed by atoms with Crippen LogP contribution >= 0.6 is 0 Å². The van der Waals surface area contributed by atoms with Crippen molar-refractivity contribution in [2.75, 3.05) is 19.6 Å². The summed E-state index contributed by atoms with van der Waals surface area (Å²) in [4.78, 5) is 13.4. The Labute approximate surface area is 94.0 Å². The molecule has 3 heteroatoms. The summed E-state index contributed by atoms with van der Waals surface area (Å²) in [6.07, 6.45) is 2.12. The van der Waals surface area contributed by atoms with Crippen LogP contribution in [0.3, 0.4) is 0 Å². The van der Waals surface area contributed by atoms with Crippen molar-refractivity contribution in [2.24, 2.45) is 17.6 Å². The van der Waals surface area contributed by atoms with Gasteiger partial charge in [-0.2, -0.15) is 0 Å². The Hall–Kier alpha value is -0.570. The molecule has 90 valence electrons. The predicted molar refractivity (Wildman–Crippen MR) is 64.5 cm³/mol. The molecule has 2 N–H and O–H groups in total. The maximum Gasteiger partial charge on any atom is 0.236 e. The number of hydrogen-bond acceptors (Lipinski definition) is 2. The minimum Gasteiger partial charge on any atom is -0.342 e. The summed E-state index contributed by atoms with van der Waals surface area (Å²) in [5.74, 6) is 1.35. The van der Waals surface area contributed by atoms with Gasteiger partial charge in [-0.15, -0.1) is 0 Å². The van der Waals surface area contributed by atoms with Gasteiger partial charge in [-0.05, 0) is 24.7 Å². The molecule has 0 aliphatic rings. The second-order valence-corrected chi connectivity index (χ2v) is 4.95. The SMILES string of the molecule is CC(C)CCN(CCC(C)C)C(=O)CN. The zero-order chi connectivity index (χ0) is 11.8. The van der Waals surface area contributed by atoms with E-state index in [1.807, 2.05) is 4.90 Å². The van der Waals surface area contributed by atoms with Gasteiger partial charge in [0.2, 0.25) is 5.91 Å². The molecule has 0 saturated carbocycles. The summed E-state index contributed by atoms with van der Waals surface area (Å²) in [5, 5.41) is 0. The zero-order valence-corrected chi connectivity index (χ0v) is 10.6. The van der Waals surface area contributed by atoms with Crippen LogP contribution in [0.2, 0.25) is 0 Å². The van der Waals surface area contributed by atoms with Crippen LogP contribution in [0.4, 0.5) is 0 Å². The molecule has 0 bridgehead atoms. The highest BCUT2D eigenvalue weighted by Gasteiger charge is 2.12. The molecule has 3 nitrogen and oxygen atoms in total. The van der Waals surface area contributed by atoms with Crippen molar-refractivity contribution in [1.82, 2.24) is 4.90 Å². The van der Waals surface area contributed by atoms with Gasteiger partial charge in [0.05, 0.1) is 6.54 Å². The van der Waals surface area contributed by atoms with Crippen LogP contribution in [0.5, 0.6) is 0 Å². The summed E-state index contributed by atoms with van der Waals surface area (Å²) in [6.45, 7) is 10.5. The quantitative estimate of drug-likeness (QED) is 0.703. The Kier molecular flexibility index (Phi) is 7.39. The van der Waals surface area contributed by atoms with Gasteiger partial charge < -0.3 is 10.6 Å². The van der Waals surface area contributed by atoms with Gasteiger partial charge >= 0.3 is 0 Å². The second kappa shape index (κ2) is 7.69. The van der Waals surface area contributed by atoms with Crippen molar-refractivity contribution >= 4 is 5.91 Å². The molecule has 0 spiro atoms. The lowest BCUT2D eigenvalue weighted by Gasteiger charge is -2.23. The van der Waals surface area contributed by atoms with E-state index >= 15 is 0 Å². The number of hydrogen-bond donors (Lipinski definition) is 1. The van der Waals surface area contributed by atoms with Crippen molar-refractivity contribution in [3.63, 3.8) is 0 Å². The summed E-state index contributed by atoms with van der Waals surface area (Å²) in [6, 6.07) is 0. The summed E-state index contributed by atoms with van der Waals surface area (Å²) in [5.41, 5.74) is 5.39. The lowest BCUT2D eigenvalue weighted by atomic mass is 10.1. The number of nitrogens with zero attached hydrogens (tertiary/aromatic N) is 1. The topological polar surface area (TPSA) is 46.3 Å². The molecule has 15 heavy (non-hydrogen) atoms. The number of rotatable bonds is 7. The van der Waals surface area contributed by atoms with Gasteiger partial charge in [0.15, 0.2) is 0 Å². The molecule has 0 aromatic rings. The van der Waals surface area contributed by atoms with Gasteiger partial charge in [-0.25, -0.2) is 0 Å². The second-order valence-electron chi connectivity index (χ2n) is 4.95. The first-order chi connectivity index (χ1) is 6.97. The van der Waals surface area contributed by atoms with Crippen LogP contribution in [-0.4, -0.2) is 30.4 Å². The standard InChI is InChI=1S/C12H26N2O/c1-10(2)5-7-14(12(15)9-13)8-6-11(3)4/h10-11H,5-9,13H2,1-4H3. The van der Waals surface area contributed by atoms with E-state index in [4.69, 9.17) is 5.73 Å². The van der Waals surface area contributed by atoms with E-state index in [1.165, 1.54) is 0 Å². The molecule has 0 aliphatic heterocycles. The van der Waals surface area contributed by atoms with Gasteiger partial charge in [-0.1, -0.05) is 27.7 Å². The fourth-order valence-electron chi connectivity index (χ4n) is 1.32. The molecular weight excluding hydrogens is 188 g/mol. The highest BCUT2D eigenvalue weighted by atomic mass is 16.2. The summed E-state index contributed by atoms with van der Waals surface area (Å²) < 4.78 is 0. The van der Waals surface area contributed by atoms with Crippen LogP contribution in [0.15, 0.2) is 0 Å². The van der Waals surface area contributed by atoms with Crippen LogP contribution in [-0.2, 0) is 4.79 Å². The average molecular weight is 214 g/mol. The molecule has 0 radical (unpaired) electrons. The van der Waals surface area contributed by atoms with Crippen molar-refractivity contribution in [2.45, 2.75) is 40.5 Å². The fraction of sp³-hybridized carbons (Fsp3) is 0.917. The first-order valence-corrected chi connectivity index (χ1v) is 5.95. The van der Waals surface area contributed by atoms with Crippen molar-refractivity contribution in [3.05, 3.63) is 0 Å². The minimum absolute atomic E-state index is 0.0799. The monoisotopic (exact) mass is 214 g/mol. The smallest absolute Gasteiger partial charge is 0.236 e. The third-order valence-electron chi connectivity index (χ3n) is 2.48. The summed E-state index contributed by atoms with van der Waals surface area (Å²) in [7, 11) is 0. The van der Waals surface area contributed by atoms with E-state index in [9.17, 15) is 4.79 Å². The Bertz CT molecular complexity index is 166. The minimum atomic E-state index is 0.0799. The van der Waals surface area contributed by atoms with Gasteiger partial charge in [0, 0.05) is 13.1 Å². The number of amides is 1. The third kappa shape index (κ3) is 7.37. The lowest BCUT2D eigenvalue weighted by molar-refractivity contribution is -0.130. The Balaban J connectivity index is 4.01. The van der Waals surface area contributed by atoms with Gasteiger partial charge in [-0.3, -0.25) is 4.79 Å². The van der Waals surface area contributed by atoms with Gasteiger partial charge in [0.1, 0.15) is 0 Å². The lowest BCUT2D eigenvalue weighted by Crippen LogP contribution is -2.38. The molecule has 0 aliphatic carbocycles. The van der Waals surface area contributed by atoms with E-state index in [0.29, 0.717) is 11.8 Å². The molecule has 0 atom stereocenters. The van der Waals surface area contributed by atoms with Crippen LogP contribution in [0, 0.1) is 11.8 Å². The fourth-order valence-corrected chi connectivity index (χ4v) is 1.32. The number of carbonyl (C=O) groups is 1. The number of nitrogens with two attached hydrogens (primary N) is 1. The molecule has 0 unspecified atom stereocenters. The highest BCUT2D eigenvalue weighted by Crippen LogP contribution is 2.06. The zero-order valence-electron chi connectivity index (χ0n) is 10.6. The van der Waals surface area contributed by atoms with Gasteiger partial charge in [0.25, 0.3) is 0 Å². The Morgan fingerprint density at radius 3 is 1.73 bits per heavy atom. The summed E-state index contributed by atoms with van der Waals surface area (Å²) >= 11 is 0. The molecule has 0 saturated heterocycles. The van der Waals surface area contributed by atoms with Crippen LogP contribution in [0.1, 0.15) is 40.5 Å². The van der Waals surface area contributed by atoms with E-state index in [0.717, 1.165) is 25.9 Å². The Morgan fingerprint density at radius 2 is 1.47 bits per heavy atom. The molecule has 0 aromatic carbocycles. The largest absolute Gasteiger partial charge is 0.342 e. The highest BCUT2D eigenvalue weighted by molar-refractivity contribution is 5.77. The van der Waals surface area contributed by atoms with Crippen molar-refractivity contribution < 1.29 is 4.79 Å². The van der Waals surface area contributed by atoms with E-state index in [1.54, 1.807) is 0 Å². The van der Waals surface area contributed by atoms with Crippen LogP contribution in [0.25, 0.3) is 0 Å². The Morgan fingerprint density at radius 1 is 1.07 bits per heavy atom. The molecule has 0 aromatic heterocycles. The maximum absolute atomic E-state index is 11.5. The first kappa shape index (κ1) is 14.4. The van der Waals surface area contributed by atoms with Crippen molar-refractivity contribution in [1.29, 1.82) is 0 Å². The predicted octanol–water partition coefficient (Wildman–Crippen LogP) is 1.87. The van der Waals surface area contributed by atoms with E-state index < -0.39 is 0 Å². The molecular formula is C12H26N2O. The molecule has 0 heterocycles.